The number of ketones is 1. The van der Waals surface area contributed by atoms with Crippen LogP contribution in [-0.4, -0.2) is 48.1 Å². The summed E-state index contributed by atoms with van der Waals surface area (Å²) in [6, 6.07) is 6.53. The Hall–Kier alpha value is -2.34. The molecule has 0 saturated heterocycles. The fourth-order valence-electron chi connectivity index (χ4n) is 2.88. The fourth-order valence-corrected chi connectivity index (χ4v) is 2.88. The molecule has 1 unspecified atom stereocenters. The lowest BCUT2D eigenvalue weighted by atomic mass is 9.95. The number of aliphatic hydroxyl groups is 1. The molecule has 0 radical (unpaired) electrons. The smallest absolute Gasteiger partial charge is 0.290 e. The second-order valence-corrected chi connectivity index (χ2v) is 6.13. The van der Waals surface area contributed by atoms with E-state index >= 15 is 0 Å². The van der Waals surface area contributed by atoms with E-state index < -0.39 is 17.7 Å². The van der Waals surface area contributed by atoms with Crippen LogP contribution in [0.5, 0.6) is 5.75 Å². The number of ether oxygens (including phenoxy) is 2. The van der Waals surface area contributed by atoms with Gasteiger partial charge in [0.15, 0.2) is 11.5 Å². The molecule has 0 fully saturated rings. The molecular formula is C19H25NO5. The Morgan fingerprint density at radius 3 is 2.44 bits per heavy atom. The van der Waals surface area contributed by atoms with Crippen LogP contribution < -0.4 is 4.74 Å². The lowest BCUT2D eigenvalue weighted by molar-refractivity contribution is -0.130. The van der Waals surface area contributed by atoms with Crippen molar-refractivity contribution in [3.05, 3.63) is 41.2 Å². The minimum atomic E-state index is -0.610. The van der Waals surface area contributed by atoms with Crippen molar-refractivity contribution >= 4 is 11.7 Å². The molecule has 6 nitrogen and oxygen atoms in total. The SMILES string of the molecule is CCC(=O)C1=C(O)C(=O)N(CCOC(C)C)C1c1ccc(OC)cc1. The topological polar surface area (TPSA) is 76.1 Å². The number of Topliss-reactive ketones (excluding diaryl/α,β-unsaturated/α-hetero) is 1. The number of benzene rings is 1. The molecule has 136 valence electrons. The maximum absolute atomic E-state index is 12.5. The molecule has 1 heterocycles. The first kappa shape index (κ1) is 19.0. The van der Waals surface area contributed by atoms with E-state index in [4.69, 9.17) is 9.47 Å². The molecule has 2 rings (SSSR count). The monoisotopic (exact) mass is 347 g/mol. The van der Waals surface area contributed by atoms with Crippen LogP contribution in [0.25, 0.3) is 0 Å². The summed E-state index contributed by atoms with van der Waals surface area (Å²) in [4.78, 5) is 26.3. The maximum Gasteiger partial charge on any atom is 0.290 e. The second kappa shape index (κ2) is 8.16. The van der Waals surface area contributed by atoms with Gasteiger partial charge in [-0.3, -0.25) is 9.59 Å². The average Bonchev–Trinajstić information content (AvgIpc) is 2.86. The van der Waals surface area contributed by atoms with Crippen LogP contribution in [0.2, 0.25) is 0 Å². The fraction of sp³-hybridized carbons (Fsp3) is 0.474. The average molecular weight is 347 g/mol. The van der Waals surface area contributed by atoms with E-state index in [1.807, 2.05) is 13.8 Å². The standard InChI is InChI=1S/C19H25NO5/c1-5-15(21)16-17(13-6-8-14(24-4)9-7-13)20(19(23)18(16)22)10-11-25-12(2)3/h6-9,12,17,22H,5,10-11H2,1-4H3. The number of carbonyl (C=O) groups is 2. The van der Waals surface area contributed by atoms with Crippen molar-refractivity contribution in [2.75, 3.05) is 20.3 Å². The zero-order valence-corrected chi connectivity index (χ0v) is 15.1. The molecule has 0 aliphatic carbocycles. The summed E-state index contributed by atoms with van der Waals surface area (Å²) >= 11 is 0. The summed E-state index contributed by atoms with van der Waals surface area (Å²) in [5, 5.41) is 10.3. The first-order valence-corrected chi connectivity index (χ1v) is 8.43. The number of methoxy groups -OCH3 is 1. The molecule has 1 aromatic carbocycles. The predicted molar refractivity (Wildman–Crippen MR) is 93.5 cm³/mol. The van der Waals surface area contributed by atoms with Gasteiger partial charge in [0.05, 0.1) is 31.4 Å². The van der Waals surface area contributed by atoms with Gasteiger partial charge in [0, 0.05) is 13.0 Å². The van der Waals surface area contributed by atoms with Crippen LogP contribution in [0.1, 0.15) is 38.8 Å². The van der Waals surface area contributed by atoms with Gasteiger partial charge in [-0.25, -0.2) is 0 Å². The molecule has 1 aliphatic rings. The van der Waals surface area contributed by atoms with Gasteiger partial charge < -0.3 is 19.5 Å². The highest BCUT2D eigenvalue weighted by Crippen LogP contribution is 2.38. The minimum Gasteiger partial charge on any atom is -0.503 e. The highest BCUT2D eigenvalue weighted by Gasteiger charge is 2.42. The van der Waals surface area contributed by atoms with Crippen molar-refractivity contribution in [2.45, 2.75) is 39.3 Å². The molecule has 25 heavy (non-hydrogen) atoms. The minimum absolute atomic E-state index is 0.0374. The Balaban J connectivity index is 2.37. The number of amides is 1. The van der Waals surface area contributed by atoms with Crippen LogP contribution in [0.15, 0.2) is 35.6 Å². The number of aliphatic hydroxyl groups excluding tert-OH is 1. The van der Waals surface area contributed by atoms with Crippen molar-refractivity contribution in [1.29, 1.82) is 0 Å². The van der Waals surface area contributed by atoms with E-state index in [9.17, 15) is 14.7 Å². The van der Waals surface area contributed by atoms with E-state index in [1.54, 1.807) is 38.3 Å². The van der Waals surface area contributed by atoms with E-state index in [0.29, 0.717) is 12.4 Å². The molecule has 1 N–H and O–H groups in total. The summed E-state index contributed by atoms with van der Waals surface area (Å²) in [5.74, 6) is -0.555. The molecule has 1 aromatic rings. The van der Waals surface area contributed by atoms with Gasteiger partial charge in [0.25, 0.3) is 5.91 Å². The van der Waals surface area contributed by atoms with E-state index in [-0.39, 0.29) is 30.4 Å². The van der Waals surface area contributed by atoms with Crippen LogP contribution in [-0.2, 0) is 14.3 Å². The molecule has 0 spiro atoms. The molecule has 1 amide bonds. The Kier molecular flexibility index (Phi) is 6.20. The summed E-state index contributed by atoms with van der Waals surface area (Å²) in [7, 11) is 1.57. The van der Waals surface area contributed by atoms with E-state index in [0.717, 1.165) is 5.56 Å². The Labute approximate surface area is 148 Å². The Bertz CT molecular complexity index is 663. The van der Waals surface area contributed by atoms with Gasteiger partial charge in [-0.05, 0) is 31.5 Å². The maximum atomic E-state index is 12.5. The molecule has 6 heteroatoms. The normalized spacial score (nSPS) is 17.6. The van der Waals surface area contributed by atoms with Gasteiger partial charge >= 0.3 is 0 Å². The largest absolute Gasteiger partial charge is 0.503 e. The first-order chi connectivity index (χ1) is 11.9. The van der Waals surface area contributed by atoms with Crippen molar-refractivity contribution in [1.82, 2.24) is 4.90 Å². The number of carbonyl (C=O) groups excluding carboxylic acids is 2. The third-order valence-electron chi connectivity index (χ3n) is 4.14. The van der Waals surface area contributed by atoms with Gasteiger partial charge in [-0.1, -0.05) is 19.1 Å². The van der Waals surface area contributed by atoms with Gasteiger partial charge in [-0.15, -0.1) is 0 Å². The van der Waals surface area contributed by atoms with Crippen molar-refractivity contribution in [3.8, 4) is 5.75 Å². The van der Waals surface area contributed by atoms with Gasteiger partial charge in [0.2, 0.25) is 0 Å². The lowest BCUT2D eigenvalue weighted by Crippen LogP contribution is -2.34. The number of hydrogen-bond acceptors (Lipinski definition) is 5. The molecule has 1 atom stereocenters. The first-order valence-electron chi connectivity index (χ1n) is 8.43. The van der Waals surface area contributed by atoms with Crippen LogP contribution in [0, 0.1) is 0 Å². The van der Waals surface area contributed by atoms with E-state index in [2.05, 4.69) is 0 Å². The zero-order chi connectivity index (χ0) is 18.6. The van der Waals surface area contributed by atoms with Crippen LogP contribution in [0.3, 0.4) is 0 Å². The number of rotatable bonds is 8. The van der Waals surface area contributed by atoms with Crippen molar-refractivity contribution < 1.29 is 24.2 Å². The molecule has 0 aromatic heterocycles. The van der Waals surface area contributed by atoms with Crippen molar-refractivity contribution in [3.63, 3.8) is 0 Å². The number of hydrogen-bond donors (Lipinski definition) is 1. The molecular weight excluding hydrogens is 322 g/mol. The lowest BCUT2D eigenvalue weighted by Gasteiger charge is -2.27. The quantitative estimate of drug-likeness (QED) is 0.782. The molecule has 1 aliphatic heterocycles. The zero-order valence-electron chi connectivity index (χ0n) is 15.1. The Morgan fingerprint density at radius 1 is 1.28 bits per heavy atom. The summed E-state index contributed by atoms with van der Waals surface area (Å²) in [6.45, 7) is 6.15. The van der Waals surface area contributed by atoms with E-state index in [1.165, 1.54) is 4.90 Å². The highest BCUT2D eigenvalue weighted by atomic mass is 16.5. The summed E-state index contributed by atoms with van der Waals surface area (Å²) in [5.41, 5.74) is 0.904. The van der Waals surface area contributed by atoms with Gasteiger partial charge in [-0.2, -0.15) is 0 Å². The molecule has 0 saturated carbocycles. The number of nitrogens with zero attached hydrogens (tertiary/aromatic N) is 1. The van der Waals surface area contributed by atoms with Gasteiger partial charge in [0.1, 0.15) is 5.75 Å². The predicted octanol–water partition coefficient (Wildman–Crippen LogP) is 2.79. The highest BCUT2D eigenvalue weighted by molar-refractivity contribution is 6.08. The van der Waals surface area contributed by atoms with Crippen LogP contribution >= 0.6 is 0 Å². The molecule has 0 bridgehead atoms. The Morgan fingerprint density at radius 2 is 1.92 bits per heavy atom. The van der Waals surface area contributed by atoms with Crippen molar-refractivity contribution in [2.24, 2.45) is 0 Å². The summed E-state index contributed by atoms with van der Waals surface area (Å²) < 4.78 is 10.7. The van der Waals surface area contributed by atoms with Crippen LogP contribution in [0.4, 0.5) is 0 Å². The second-order valence-electron chi connectivity index (χ2n) is 6.13. The summed E-state index contributed by atoms with van der Waals surface area (Å²) in [6.07, 6.45) is 0.255. The third-order valence-corrected chi connectivity index (χ3v) is 4.14. The third kappa shape index (κ3) is 4.02.